The van der Waals surface area contributed by atoms with Crippen molar-refractivity contribution < 1.29 is 23.8 Å². The van der Waals surface area contributed by atoms with Crippen molar-refractivity contribution in [2.24, 2.45) is 0 Å². The first-order valence-corrected chi connectivity index (χ1v) is 6.67. The van der Waals surface area contributed by atoms with E-state index in [1.807, 2.05) is 30.3 Å². The maximum atomic E-state index is 11.8. The minimum Gasteiger partial charge on any atom is -0.488 e. The molecule has 0 spiro atoms. The van der Waals surface area contributed by atoms with Gasteiger partial charge in [-0.2, -0.15) is 0 Å². The highest BCUT2D eigenvalue weighted by Crippen LogP contribution is 2.26. The molecule has 0 saturated heterocycles. The number of rotatable bonds is 5. The summed E-state index contributed by atoms with van der Waals surface area (Å²) in [4.78, 5) is 22.8. The van der Waals surface area contributed by atoms with E-state index in [-0.39, 0.29) is 11.3 Å². The van der Waals surface area contributed by atoms with E-state index in [0.29, 0.717) is 12.4 Å². The van der Waals surface area contributed by atoms with Crippen LogP contribution in [0.2, 0.25) is 0 Å². The number of hydrogen-bond acceptors (Lipinski definition) is 5. The number of methoxy groups -OCH3 is 1. The Bertz CT molecular complexity index is 664. The summed E-state index contributed by atoms with van der Waals surface area (Å²) in [6.07, 6.45) is 0. The first-order chi connectivity index (χ1) is 10.6. The van der Waals surface area contributed by atoms with Gasteiger partial charge >= 0.3 is 11.9 Å². The third-order valence-electron chi connectivity index (χ3n) is 2.86. The molecular weight excluding hydrogens is 284 g/mol. The van der Waals surface area contributed by atoms with Crippen LogP contribution in [0.15, 0.2) is 48.5 Å². The van der Waals surface area contributed by atoms with Crippen LogP contribution in [-0.2, 0) is 16.1 Å². The third kappa shape index (κ3) is 4.09. The Morgan fingerprint density at radius 3 is 2.41 bits per heavy atom. The Labute approximate surface area is 128 Å². The summed E-state index contributed by atoms with van der Waals surface area (Å²) < 4.78 is 15.4. The van der Waals surface area contributed by atoms with E-state index in [2.05, 4.69) is 0 Å². The van der Waals surface area contributed by atoms with Crippen molar-refractivity contribution in [2.75, 3.05) is 7.11 Å². The van der Waals surface area contributed by atoms with Crippen molar-refractivity contribution in [3.05, 3.63) is 59.7 Å². The van der Waals surface area contributed by atoms with Crippen LogP contribution in [0.4, 0.5) is 0 Å². The lowest BCUT2D eigenvalue weighted by Gasteiger charge is -2.12. The lowest BCUT2D eigenvalue weighted by atomic mass is 10.2. The zero-order chi connectivity index (χ0) is 15.9. The van der Waals surface area contributed by atoms with Crippen LogP contribution >= 0.6 is 0 Å². The van der Waals surface area contributed by atoms with Gasteiger partial charge in [-0.3, -0.25) is 4.79 Å². The van der Waals surface area contributed by atoms with E-state index >= 15 is 0 Å². The van der Waals surface area contributed by atoms with Crippen LogP contribution in [0.5, 0.6) is 11.5 Å². The fraction of sp³-hybridized carbons (Fsp3) is 0.176. The van der Waals surface area contributed by atoms with Crippen molar-refractivity contribution in [1.29, 1.82) is 0 Å². The Morgan fingerprint density at radius 1 is 1.05 bits per heavy atom. The number of hydrogen-bond donors (Lipinski definition) is 0. The van der Waals surface area contributed by atoms with Crippen LogP contribution in [0.3, 0.4) is 0 Å². The summed E-state index contributed by atoms with van der Waals surface area (Å²) in [7, 11) is 1.28. The van der Waals surface area contributed by atoms with Gasteiger partial charge in [0.25, 0.3) is 0 Å². The molecule has 114 valence electrons. The summed E-state index contributed by atoms with van der Waals surface area (Å²) in [6.45, 7) is 1.61. The molecule has 2 aromatic carbocycles. The zero-order valence-electron chi connectivity index (χ0n) is 12.4. The monoisotopic (exact) mass is 300 g/mol. The number of carbonyl (C=O) groups excluding carboxylic acids is 2. The van der Waals surface area contributed by atoms with E-state index in [9.17, 15) is 9.59 Å². The number of esters is 2. The molecule has 0 heterocycles. The molecule has 5 nitrogen and oxygen atoms in total. The maximum Gasteiger partial charge on any atom is 0.341 e. The molecule has 0 saturated carbocycles. The average molecular weight is 300 g/mol. The van der Waals surface area contributed by atoms with Gasteiger partial charge in [-0.15, -0.1) is 0 Å². The van der Waals surface area contributed by atoms with E-state index in [1.165, 1.54) is 20.1 Å². The van der Waals surface area contributed by atoms with Crippen molar-refractivity contribution in [3.8, 4) is 11.5 Å². The Balaban J connectivity index is 2.21. The molecule has 0 bridgehead atoms. The number of benzene rings is 2. The molecule has 0 aliphatic rings. The average Bonchev–Trinajstić information content (AvgIpc) is 2.53. The second kappa shape index (κ2) is 7.26. The van der Waals surface area contributed by atoms with Crippen molar-refractivity contribution >= 4 is 11.9 Å². The first-order valence-electron chi connectivity index (χ1n) is 6.67. The molecule has 0 fully saturated rings. The molecule has 0 radical (unpaired) electrons. The van der Waals surface area contributed by atoms with Gasteiger partial charge in [-0.1, -0.05) is 30.3 Å². The molecule has 0 aliphatic heterocycles. The highest BCUT2D eigenvalue weighted by molar-refractivity contribution is 5.93. The number of ether oxygens (including phenoxy) is 3. The molecule has 2 aromatic rings. The maximum absolute atomic E-state index is 11.8. The SMILES string of the molecule is COC(=O)c1cc(OC(C)=O)ccc1OCc1ccccc1. The van der Waals surface area contributed by atoms with E-state index in [1.54, 1.807) is 12.1 Å². The van der Waals surface area contributed by atoms with Crippen LogP contribution in [-0.4, -0.2) is 19.0 Å². The fourth-order valence-electron chi connectivity index (χ4n) is 1.87. The van der Waals surface area contributed by atoms with Gasteiger partial charge in [-0.25, -0.2) is 4.79 Å². The second-order valence-corrected chi connectivity index (χ2v) is 4.52. The smallest absolute Gasteiger partial charge is 0.341 e. The summed E-state index contributed by atoms with van der Waals surface area (Å²) in [5.74, 6) is -0.391. The predicted molar refractivity (Wildman–Crippen MR) is 79.9 cm³/mol. The van der Waals surface area contributed by atoms with Gasteiger partial charge in [-0.05, 0) is 23.8 Å². The molecule has 2 rings (SSSR count). The zero-order valence-corrected chi connectivity index (χ0v) is 12.4. The minimum absolute atomic E-state index is 0.206. The van der Waals surface area contributed by atoms with Crippen molar-refractivity contribution in [2.45, 2.75) is 13.5 Å². The van der Waals surface area contributed by atoms with Crippen LogP contribution < -0.4 is 9.47 Å². The summed E-state index contributed by atoms with van der Waals surface area (Å²) in [5.41, 5.74) is 1.18. The van der Waals surface area contributed by atoms with Gasteiger partial charge < -0.3 is 14.2 Å². The van der Waals surface area contributed by atoms with Crippen LogP contribution in [0.25, 0.3) is 0 Å². The molecule has 0 atom stereocenters. The normalized spacial score (nSPS) is 9.91. The lowest BCUT2D eigenvalue weighted by molar-refractivity contribution is -0.131. The summed E-state index contributed by atoms with van der Waals surface area (Å²) in [6, 6.07) is 14.1. The standard InChI is InChI=1S/C17H16O5/c1-12(18)22-14-8-9-16(15(10-14)17(19)20-2)21-11-13-6-4-3-5-7-13/h3-10H,11H2,1-2H3. The summed E-state index contributed by atoms with van der Waals surface area (Å²) >= 11 is 0. The third-order valence-corrected chi connectivity index (χ3v) is 2.86. The highest BCUT2D eigenvalue weighted by atomic mass is 16.5. The molecule has 0 unspecified atom stereocenters. The van der Waals surface area contributed by atoms with Gasteiger partial charge in [0.15, 0.2) is 0 Å². The number of carbonyl (C=O) groups is 2. The van der Waals surface area contributed by atoms with Crippen molar-refractivity contribution in [3.63, 3.8) is 0 Å². The van der Waals surface area contributed by atoms with Gasteiger partial charge in [0.1, 0.15) is 23.7 Å². The Morgan fingerprint density at radius 2 is 1.77 bits per heavy atom. The van der Waals surface area contributed by atoms with Gasteiger partial charge in [0.05, 0.1) is 7.11 Å². The fourth-order valence-corrected chi connectivity index (χ4v) is 1.87. The Hall–Kier alpha value is -2.82. The molecule has 5 heteroatoms. The quantitative estimate of drug-likeness (QED) is 0.627. The molecular formula is C17H16O5. The molecule has 0 amide bonds. The van der Waals surface area contributed by atoms with Crippen molar-refractivity contribution in [1.82, 2.24) is 0 Å². The minimum atomic E-state index is -0.558. The Kier molecular flexibility index (Phi) is 5.14. The lowest BCUT2D eigenvalue weighted by Crippen LogP contribution is -2.08. The highest BCUT2D eigenvalue weighted by Gasteiger charge is 2.15. The summed E-state index contributed by atoms with van der Waals surface area (Å²) in [5, 5.41) is 0. The molecule has 0 aliphatic carbocycles. The van der Waals surface area contributed by atoms with E-state index in [4.69, 9.17) is 14.2 Å². The van der Waals surface area contributed by atoms with Gasteiger partial charge in [0, 0.05) is 6.92 Å². The molecule has 22 heavy (non-hydrogen) atoms. The second-order valence-electron chi connectivity index (χ2n) is 4.52. The molecule has 0 aromatic heterocycles. The largest absolute Gasteiger partial charge is 0.488 e. The van der Waals surface area contributed by atoms with E-state index in [0.717, 1.165) is 5.56 Å². The van der Waals surface area contributed by atoms with Gasteiger partial charge in [0.2, 0.25) is 0 Å². The van der Waals surface area contributed by atoms with E-state index < -0.39 is 11.9 Å². The molecule has 0 N–H and O–H groups in total. The van der Waals surface area contributed by atoms with Crippen LogP contribution in [0.1, 0.15) is 22.8 Å². The topological polar surface area (TPSA) is 61.8 Å². The first kappa shape index (κ1) is 15.6. The predicted octanol–water partition coefficient (Wildman–Crippen LogP) is 2.98. The van der Waals surface area contributed by atoms with Crippen LogP contribution in [0, 0.1) is 0 Å².